The van der Waals surface area contributed by atoms with E-state index >= 15 is 0 Å². The number of anilines is 1. The quantitative estimate of drug-likeness (QED) is 0.527. The van der Waals surface area contributed by atoms with E-state index in [2.05, 4.69) is 24.0 Å². The third-order valence-corrected chi connectivity index (χ3v) is 6.80. The van der Waals surface area contributed by atoms with Gasteiger partial charge in [-0.2, -0.15) is 0 Å². The second kappa shape index (κ2) is 9.87. The standard InChI is InChI=1S/C21H25N3O3S2.ClH/c1-5-15-6-11-18-19(14-15)28-21(22-18)24(13-12-23(2)3)20(25)16-7-9-17(10-8-16)29(4,26)27;/h6-11,14H,5,12-13H2,1-4H3;1H. The van der Waals surface area contributed by atoms with E-state index in [9.17, 15) is 13.2 Å². The Morgan fingerprint density at radius 3 is 2.30 bits per heavy atom. The van der Waals surface area contributed by atoms with Crippen LogP contribution in [0.5, 0.6) is 0 Å². The van der Waals surface area contributed by atoms with E-state index in [1.165, 1.54) is 29.0 Å². The van der Waals surface area contributed by atoms with Crippen LogP contribution >= 0.6 is 23.7 Å². The number of carbonyl (C=O) groups excluding carboxylic acids is 1. The second-order valence-corrected chi connectivity index (χ2v) is 10.2. The number of aryl methyl sites for hydroxylation is 1. The minimum Gasteiger partial charge on any atom is -0.308 e. The van der Waals surface area contributed by atoms with Gasteiger partial charge in [-0.05, 0) is 62.5 Å². The Morgan fingerprint density at radius 2 is 1.73 bits per heavy atom. The van der Waals surface area contributed by atoms with Crippen molar-refractivity contribution in [2.45, 2.75) is 18.2 Å². The van der Waals surface area contributed by atoms with E-state index < -0.39 is 9.84 Å². The van der Waals surface area contributed by atoms with Crippen molar-refractivity contribution < 1.29 is 13.2 Å². The summed E-state index contributed by atoms with van der Waals surface area (Å²) in [4.78, 5) is 21.8. The smallest absolute Gasteiger partial charge is 0.260 e. The lowest BCUT2D eigenvalue weighted by Crippen LogP contribution is -2.36. The predicted molar refractivity (Wildman–Crippen MR) is 126 cm³/mol. The Hall–Kier alpha value is -2.00. The van der Waals surface area contributed by atoms with Crippen LogP contribution in [0, 0.1) is 0 Å². The first kappa shape index (κ1) is 24.3. The summed E-state index contributed by atoms with van der Waals surface area (Å²) in [5.74, 6) is -0.193. The molecule has 0 aliphatic rings. The summed E-state index contributed by atoms with van der Waals surface area (Å²) >= 11 is 1.50. The highest BCUT2D eigenvalue weighted by Gasteiger charge is 2.22. The highest BCUT2D eigenvalue weighted by atomic mass is 35.5. The summed E-state index contributed by atoms with van der Waals surface area (Å²) in [5, 5.41) is 0.646. The zero-order valence-corrected chi connectivity index (χ0v) is 19.9. The van der Waals surface area contributed by atoms with Crippen molar-refractivity contribution in [2.75, 3.05) is 38.3 Å². The predicted octanol–water partition coefficient (Wildman–Crippen LogP) is 3.89. The molecular weight excluding hydrogens is 442 g/mol. The summed E-state index contributed by atoms with van der Waals surface area (Å²) in [6.45, 7) is 3.28. The summed E-state index contributed by atoms with van der Waals surface area (Å²) in [5.41, 5.74) is 2.54. The van der Waals surface area contributed by atoms with Gasteiger partial charge < -0.3 is 4.90 Å². The second-order valence-electron chi connectivity index (χ2n) is 7.21. The van der Waals surface area contributed by atoms with Crippen LogP contribution in [0.3, 0.4) is 0 Å². The first-order valence-electron chi connectivity index (χ1n) is 9.35. The minimum absolute atomic E-state index is 0. The Kier molecular flexibility index (Phi) is 7.99. The SMILES string of the molecule is CCc1ccc2nc(N(CCN(C)C)C(=O)c3ccc(S(C)(=O)=O)cc3)sc2c1.Cl. The van der Waals surface area contributed by atoms with E-state index in [-0.39, 0.29) is 23.2 Å². The van der Waals surface area contributed by atoms with Crippen molar-refractivity contribution in [3.63, 3.8) is 0 Å². The van der Waals surface area contributed by atoms with Crippen molar-refractivity contribution in [3.05, 3.63) is 53.6 Å². The largest absolute Gasteiger partial charge is 0.308 e. The molecule has 9 heteroatoms. The summed E-state index contributed by atoms with van der Waals surface area (Å²) in [7, 11) is 0.603. The topological polar surface area (TPSA) is 70.6 Å². The fourth-order valence-corrected chi connectivity index (χ4v) is 4.56. The Labute approximate surface area is 187 Å². The molecule has 1 aromatic heterocycles. The molecule has 162 valence electrons. The van der Waals surface area contributed by atoms with Crippen LogP contribution in [-0.2, 0) is 16.3 Å². The van der Waals surface area contributed by atoms with Crippen LogP contribution in [0.25, 0.3) is 10.2 Å². The van der Waals surface area contributed by atoms with Gasteiger partial charge in [-0.15, -0.1) is 12.4 Å². The number of nitrogens with zero attached hydrogens (tertiary/aromatic N) is 3. The maximum absolute atomic E-state index is 13.2. The molecule has 0 unspecified atom stereocenters. The van der Waals surface area contributed by atoms with Gasteiger partial charge in [0.1, 0.15) is 0 Å². The van der Waals surface area contributed by atoms with Crippen LogP contribution in [0.1, 0.15) is 22.8 Å². The minimum atomic E-state index is -3.31. The fourth-order valence-electron chi connectivity index (χ4n) is 2.88. The van der Waals surface area contributed by atoms with E-state index in [0.29, 0.717) is 23.8 Å². The van der Waals surface area contributed by atoms with Crippen LogP contribution in [0.2, 0.25) is 0 Å². The van der Waals surface area contributed by atoms with Crippen LogP contribution < -0.4 is 4.90 Å². The number of carbonyl (C=O) groups is 1. The van der Waals surface area contributed by atoms with E-state index in [0.717, 1.165) is 22.9 Å². The van der Waals surface area contributed by atoms with Gasteiger partial charge in [0.05, 0.1) is 15.1 Å². The number of halogens is 1. The molecule has 6 nitrogen and oxygen atoms in total. The number of amides is 1. The number of hydrogen-bond donors (Lipinski definition) is 0. The molecule has 2 aromatic carbocycles. The van der Waals surface area contributed by atoms with Crippen molar-refractivity contribution in [1.82, 2.24) is 9.88 Å². The van der Waals surface area contributed by atoms with Gasteiger partial charge >= 0.3 is 0 Å². The average Bonchev–Trinajstić information content (AvgIpc) is 3.09. The monoisotopic (exact) mass is 467 g/mol. The van der Waals surface area contributed by atoms with E-state index in [1.54, 1.807) is 17.0 Å². The van der Waals surface area contributed by atoms with Gasteiger partial charge in [0.25, 0.3) is 5.91 Å². The van der Waals surface area contributed by atoms with Crippen molar-refractivity contribution >= 4 is 54.8 Å². The number of rotatable bonds is 7. The number of fused-ring (bicyclic) bond motifs is 1. The molecule has 0 aliphatic heterocycles. The summed E-state index contributed by atoms with van der Waals surface area (Å²) in [6, 6.07) is 12.2. The lowest BCUT2D eigenvalue weighted by atomic mass is 10.2. The molecule has 1 amide bonds. The maximum atomic E-state index is 13.2. The molecule has 0 atom stereocenters. The first-order valence-corrected chi connectivity index (χ1v) is 12.1. The van der Waals surface area contributed by atoms with Crippen molar-refractivity contribution in [3.8, 4) is 0 Å². The van der Waals surface area contributed by atoms with Gasteiger partial charge in [0.2, 0.25) is 0 Å². The van der Waals surface area contributed by atoms with Gasteiger partial charge in [-0.25, -0.2) is 13.4 Å². The number of thiazole rings is 1. The molecule has 0 N–H and O–H groups in total. The van der Waals surface area contributed by atoms with Gasteiger partial charge in [-0.1, -0.05) is 24.3 Å². The van der Waals surface area contributed by atoms with E-state index in [4.69, 9.17) is 0 Å². The number of benzene rings is 2. The maximum Gasteiger partial charge on any atom is 0.260 e. The molecular formula is C21H26ClN3O3S2. The molecule has 0 spiro atoms. The van der Waals surface area contributed by atoms with Crippen molar-refractivity contribution in [2.24, 2.45) is 0 Å². The molecule has 30 heavy (non-hydrogen) atoms. The molecule has 0 saturated heterocycles. The molecule has 0 aliphatic carbocycles. The summed E-state index contributed by atoms with van der Waals surface area (Å²) < 4.78 is 24.4. The average molecular weight is 468 g/mol. The highest BCUT2D eigenvalue weighted by molar-refractivity contribution is 7.90. The van der Waals surface area contributed by atoms with Crippen molar-refractivity contribution in [1.29, 1.82) is 0 Å². The third kappa shape index (κ3) is 5.57. The first-order chi connectivity index (χ1) is 13.7. The number of aromatic nitrogens is 1. The Morgan fingerprint density at radius 1 is 1.07 bits per heavy atom. The van der Waals surface area contributed by atoms with Gasteiger partial charge in [-0.3, -0.25) is 9.69 Å². The lowest BCUT2D eigenvalue weighted by Gasteiger charge is -2.22. The molecule has 3 rings (SSSR count). The number of hydrogen-bond acceptors (Lipinski definition) is 6. The third-order valence-electron chi connectivity index (χ3n) is 4.63. The van der Waals surface area contributed by atoms with Crippen LogP contribution in [-0.4, -0.2) is 57.6 Å². The normalized spacial score (nSPS) is 11.5. The number of sulfone groups is 1. The van der Waals surface area contributed by atoms with E-state index in [1.807, 2.05) is 25.1 Å². The number of likely N-dealkylation sites (N-methyl/N-ethyl adjacent to an activating group) is 1. The summed E-state index contributed by atoms with van der Waals surface area (Å²) in [6.07, 6.45) is 2.10. The van der Waals surface area contributed by atoms with Gasteiger partial charge in [0, 0.05) is 24.9 Å². The Balaban J connectivity index is 0.00000320. The lowest BCUT2D eigenvalue weighted by molar-refractivity contribution is 0.0985. The molecule has 0 fully saturated rings. The zero-order chi connectivity index (χ0) is 21.2. The molecule has 0 radical (unpaired) electrons. The fraction of sp³-hybridized carbons (Fsp3) is 0.333. The molecule has 0 bridgehead atoms. The molecule has 0 saturated carbocycles. The Bertz CT molecular complexity index is 1130. The van der Waals surface area contributed by atoms with Crippen LogP contribution in [0.4, 0.5) is 5.13 Å². The van der Waals surface area contributed by atoms with Gasteiger partial charge in [0.15, 0.2) is 15.0 Å². The molecule has 1 heterocycles. The highest BCUT2D eigenvalue weighted by Crippen LogP contribution is 2.30. The zero-order valence-electron chi connectivity index (χ0n) is 17.5. The molecule has 3 aromatic rings. The van der Waals surface area contributed by atoms with Crippen LogP contribution in [0.15, 0.2) is 47.4 Å².